The molecule has 28 heavy (non-hydrogen) atoms. The van der Waals surface area contributed by atoms with Gasteiger partial charge in [-0.1, -0.05) is 25.0 Å². The van der Waals surface area contributed by atoms with E-state index in [0.29, 0.717) is 0 Å². The normalized spacial score (nSPS) is 19.6. The van der Waals surface area contributed by atoms with Crippen LogP contribution in [-0.4, -0.2) is 56.5 Å². The van der Waals surface area contributed by atoms with Gasteiger partial charge >= 0.3 is 0 Å². The van der Waals surface area contributed by atoms with Crippen molar-refractivity contribution in [3.05, 3.63) is 29.8 Å². The van der Waals surface area contributed by atoms with Crippen LogP contribution < -0.4 is 10.1 Å². The smallest absolute Gasteiger partial charge is 0.221 e. The van der Waals surface area contributed by atoms with Gasteiger partial charge in [-0.25, -0.2) is 8.42 Å². The molecule has 0 bridgehead atoms. The number of amides is 1. The first-order chi connectivity index (χ1) is 13.5. The molecule has 1 saturated heterocycles. The topological polar surface area (TPSA) is 75.7 Å². The summed E-state index contributed by atoms with van der Waals surface area (Å²) in [4.78, 5) is 14.6. The van der Waals surface area contributed by atoms with Crippen LogP contribution in [0.2, 0.25) is 0 Å². The Morgan fingerprint density at radius 2 is 1.89 bits per heavy atom. The van der Waals surface area contributed by atoms with Crippen LogP contribution in [0.1, 0.15) is 50.5 Å². The van der Waals surface area contributed by atoms with Gasteiger partial charge in [-0.15, -0.1) is 0 Å². The average Bonchev–Trinajstić information content (AvgIpc) is 3.24. The molecule has 1 heterocycles. The lowest BCUT2D eigenvalue weighted by Gasteiger charge is -2.32. The molecule has 1 aliphatic carbocycles. The second-order valence-electron chi connectivity index (χ2n) is 7.99. The zero-order chi connectivity index (χ0) is 20.0. The first-order valence-electron chi connectivity index (χ1n) is 10.3. The molecule has 1 aromatic carbocycles. The Morgan fingerprint density at radius 3 is 2.57 bits per heavy atom. The summed E-state index contributed by atoms with van der Waals surface area (Å²) in [6.45, 7) is 2.71. The number of hydrogen-bond acceptors (Lipinski definition) is 5. The molecule has 0 spiro atoms. The largest absolute Gasteiger partial charge is 0.497 e. The maximum atomic E-state index is 12.3. The fraction of sp³-hybridized carbons (Fsp3) is 0.667. The highest BCUT2D eigenvalue weighted by atomic mass is 32.2. The van der Waals surface area contributed by atoms with E-state index in [9.17, 15) is 13.2 Å². The molecule has 0 radical (unpaired) electrons. The number of ether oxygens (including phenoxy) is 1. The van der Waals surface area contributed by atoms with E-state index in [1.807, 2.05) is 12.1 Å². The standard InChI is InChI=1S/C21H32N2O4S/c1-27-19-6-4-5-17(15-19)16-23-12-9-18(10-13-23)22-21(24)11-14-28(25,26)20-7-2-3-8-20/h4-6,15,18,20H,2-3,7-14,16H2,1H3,(H,22,24). The summed E-state index contributed by atoms with van der Waals surface area (Å²) in [5, 5.41) is 2.81. The lowest BCUT2D eigenvalue weighted by atomic mass is 10.0. The summed E-state index contributed by atoms with van der Waals surface area (Å²) in [5.41, 5.74) is 1.22. The first-order valence-corrected chi connectivity index (χ1v) is 12.0. The quantitative estimate of drug-likeness (QED) is 0.715. The number of hydrogen-bond donors (Lipinski definition) is 1. The average molecular weight is 409 g/mol. The molecule has 1 aliphatic heterocycles. The van der Waals surface area contributed by atoms with Crippen LogP contribution in [0.4, 0.5) is 0 Å². The Balaban J connectivity index is 1.38. The molecule has 1 aromatic rings. The SMILES string of the molecule is COc1cccc(CN2CCC(NC(=O)CCS(=O)(=O)C3CCCC3)CC2)c1. The number of benzene rings is 1. The molecule has 1 saturated carbocycles. The first kappa shape index (κ1) is 21.1. The number of carbonyl (C=O) groups is 1. The van der Waals surface area contributed by atoms with Gasteiger partial charge in [0.25, 0.3) is 0 Å². The lowest BCUT2D eigenvalue weighted by Crippen LogP contribution is -2.44. The molecular weight excluding hydrogens is 376 g/mol. The van der Waals surface area contributed by atoms with Gasteiger partial charge in [0, 0.05) is 32.1 Å². The molecule has 2 fully saturated rings. The van der Waals surface area contributed by atoms with E-state index in [4.69, 9.17) is 4.74 Å². The molecule has 0 unspecified atom stereocenters. The molecule has 0 atom stereocenters. The Morgan fingerprint density at radius 1 is 1.18 bits per heavy atom. The van der Waals surface area contributed by atoms with Crippen LogP contribution >= 0.6 is 0 Å². The fourth-order valence-corrected chi connectivity index (χ4v) is 6.07. The third-order valence-electron chi connectivity index (χ3n) is 5.92. The Bertz CT molecular complexity index is 751. The molecule has 3 rings (SSSR count). The summed E-state index contributed by atoms with van der Waals surface area (Å²) in [7, 11) is -1.45. The highest BCUT2D eigenvalue weighted by molar-refractivity contribution is 7.92. The number of sulfone groups is 1. The van der Waals surface area contributed by atoms with E-state index >= 15 is 0 Å². The van der Waals surface area contributed by atoms with E-state index in [2.05, 4.69) is 22.3 Å². The molecule has 2 aliphatic rings. The number of rotatable bonds is 8. The summed E-state index contributed by atoms with van der Waals surface area (Å²) < 4.78 is 29.9. The summed E-state index contributed by atoms with van der Waals surface area (Å²) >= 11 is 0. The van der Waals surface area contributed by atoms with Crippen molar-refractivity contribution in [1.29, 1.82) is 0 Å². The van der Waals surface area contributed by atoms with Crippen molar-refractivity contribution in [2.75, 3.05) is 26.0 Å². The Labute approximate surface area is 168 Å². The van der Waals surface area contributed by atoms with Crippen molar-refractivity contribution in [3.63, 3.8) is 0 Å². The molecule has 7 heteroatoms. The van der Waals surface area contributed by atoms with Crippen LogP contribution in [0.5, 0.6) is 5.75 Å². The van der Waals surface area contributed by atoms with Gasteiger partial charge in [0.15, 0.2) is 9.84 Å². The molecule has 6 nitrogen and oxygen atoms in total. The van der Waals surface area contributed by atoms with Gasteiger partial charge in [-0.2, -0.15) is 0 Å². The van der Waals surface area contributed by atoms with Crippen molar-refractivity contribution < 1.29 is 17.9 Å². The van der Waals surface area contributed by atoms with Crippen molar-refractivity contribution in [3.8, 4) is 5.75 Å². The van der Waals surface area contributed by atoms with Crippen LogP contribution in [0, 0.1) is 0 Å². The van der Waals surface area contributed by atoms with E-state index in [1.165, 1.54) is 5.56 Å². The van der Waals surface area contributed by atoms with Crippen LogP contribution in [-0.2, 0) is 21.2 Å². The second kappa shape index (κ2) is 9.74. The minimum Gasteiger partial charge on any atom is -0.497 e. The highest BCUT2D eigenvalue weighted by Gasteiger charge is 2.29. The Kier molecular flexibility index (Phi) is 7.35. The van der Waals surface area contributed by atoms with Gasteiger partial charge in [-0.3, -0.25) is 9.69 Å². The fourth-order valence-electron chi connectivity index (χ4n) is 4.21. The minimum atomic E-state index is -3.12. The number of nitrogens with one attached hydrogen (secondary N) is 1. The number of carbonyl (C=O) groups excluding carboxylic acids is 1. The predicted octanol–water partition coefficient (Wildman–Crippen LogP) is 2.52. The zero-order valence-corrected chi connectivity index (χ0v) is 17.5. The third-order valence-corrected chi connectivity index (χ3v) is 8.18. The van der Waals surface area contributed by atoms with E-state index in [-0.39, 0.29) is 29.4 Å². The summed E-state index contributed by atoms with van der Waals surface area (Å²) in [6.07, 6.45) is 5.37. The van der Waals surface area contributed by atoms with E-state index in [0.717, 1.165) is 63.9 Å². The Hall–Kier alpha value is -1.60. The van der Waals surface area contributed by atoms with Crippen LogP contribution in [0.25, 0.3) is 0 Å². The van der Waals surface area contributed by atoms with Crippen molar-refractivity contribution in [1.82, 2.24) is 10.2 Å². The minimum absolute atomic E-state index is 0.0157. The highest BCUT2D eigenvalue weighted by Crippen LogP contribution is 2.25. The maximum absolute atomic E-state index is 12.3. The van der Waals surface area contributed by atoms with E-state index in [1.54, 1.807) is 7.11 Å². The zero-order valence-electron chi connectivity index (χ0n) is 16.7. The molecular formula is C21H32N2O4S. The molecule has 1 amide bonds. The van der Waals surface area contributed by atoms with Gasteiger partial charge in [-0.05, 0) is 43.4 Å². The van der Waals surface area contributed by atoms with Gasteiger partial charge in [0.2, 0.25) is 5.91 Å². The third kappa shape index (κ3) is 5.95. The van der Waals surface area contributed by atoms with Crippen LogP contribution in [0.15, 0.2) is 24.3 Å². The van der Waals surface area contributed by atoms with E-state index < -0.39 is 9.84 Å². The predicted molar refractivity (Wildman–Crippen MR) is 110 cm³/mol. The monoisotopic (exact) mass is 408 g/mol. The maximum Gasteiger partial charge on any atom is 0.221 e. The number of nitrogens with zero attached hydrogens (tertiary/aromatic N) is 1. The molecule has 1 N–H and O–H groups in total. The van der Waals surface area contributed by atoms with Crippen LogP contribution in [0.3, 0.4) is 0 Å². The second-order valence-corrected chi connectivity index (χ2v) is 10.4. The lowest BCUT2D eigenvalue weighted by molar-refractivity contribution is -0.121. The number of likely N-dealkylation sites (tertiary alicyclic amines) is 1. The summed E-state index contributed by atoms with van der Waals surface area (Å²) in [5.74, 6) is 0.720. The van der Waals surface area contributed by atoms with Crippen molar-refractivity contribution >= 4 is 15.7 Å². The summed E-state index contributed by atoms with van der Waals surface area (Å²) in [6, 6.07) is 8.24. The number of methoxy groups -OCH3 is 1. The molecule has 0 aromatic heterocycles. The van der Waals surface area contributed by atoms with Gasteiger partial charge in [0.1, 0.15) is 5.75 Å². The van der Waals surface area contributed by atoms with Crippen molar-refractivity contribution in [2.45, 2.75) is 62.8 Å². The number of piperidine rings is 1. The van der Waals surface area contributed by atoms with Gasteiger partial charge in [0.05, 0.1) is 18.1 Å². The molecule has 156 valence electrons. The van der Waals surface area contributed by atoms with Crippen molar-refractivity contribution in [2.24, 2.45) is 0 Å². The van der Waals surface area contributed by atoms with Gasteiger partial charge < -0.3 is 10.1 Å².